The number of ether oxygens (including phenoxy) is 1. The predicted molar refractivity (Wildman–Crippen MR) is 70.0 cm³/mol. The second-order valence-electron chi connectivity index (χ2n) is 4.92. The number of aryl methyl sites for hydroxylation is 1. The van der Waals surface area contributed by atoms with Gasteiger partial charge >= 0.3 is 5.97 Å². The Hall–Kier alpha value is -1.69. The SMILES string of the molecule is CCOC(=O)c1cnc(NCC2(CO)CC2)nc1C. The highest BCUT2D eigenvalue weighted by Crippen LogP contribution is 2.44. The third-order valence-corrected chi connectivity index (χ3v) is 3.39. The zero-order valence-electron chi connectivity index (χ0n) is 11.3. The molecule has 0 amide bonds. The standard InChI is InChI=1S/C13H19N3O3/c1-3-19-11(18)10-6-14-12(16-9(10)2)15-7-13(8-17)4-5-13/h6,17H,3-5,7-8H2,1-2H3,(H,14,15,16). The summed E-state index contributed by atoms with van der Waals surface area (Å²) in [6.07, 6.45) is 3.52. The summed E-state index contributed by atoms with van der Waals surface area (Å²) in [5.41, 5.74) is 0.970. The minimum atomic E-state index is -0.402. The monoisotopic (exact) mass is 265 g/mol. The van der Waals surface area contributed by atoms with Crippen molar-refractivity contribution in [3.63, 3.8) is 0 Å². The maximum atomic E-state index is 11.6. The first-order chi connectivity index (χ1) is 9.10. The lowest BCUT2D eigenvalue weighted by Gasteiger charge is -2.13. The zero-order valence-corrected chi connectivity index (χ0v) is 11.3. The van der Waals surface area contributed by atoms with Crippen molar-refractivity contribution in [3.05, 3.63) is 17.5 Å². The van der Waals surface area contributed by atoms with Crippen LogP contribution in [0, 0.1) is 12.3 Å². The van der Waals surface area contributed by atoms with E-state index in [0.717, 1.165) is 12.8 Å². The van der Waals surface area contributed by atoms with E-state index in [-0.39, 0.29) is 12.0 Å². The van der Waals surface area contributed by atoms with E-state index >= 15 is 0 Å². The first-order valence-corrected chi connectivity index (χ1v) is 6.46. The minimum absolute atomic E-state index is 0.00290. The van der Waals surface area contributed by atoms with E-state index in [9.17, 15) is 9.90 Å². The molecule has 104 valence electrons. The maximum absolute atomic E-state index is 11.6. The Morgan fingerprint density at radius 2 is 2.32 bits per heavy atom. The van der Waals surface area contributed by atoms with Gasteiger partial charge in [-0.2, -0.15) is 0 Å². The molecule has 1 aromatic rings. The van der Waals surface area contributed by atoms with Crippen molar-refractivity contribution in [2.45, 2.75) is 26.7 Å². The van der Waals surface area contributed by atoms with Gasteiger partial charge in [0.05, 0.1) is 24.5 Å². The first kappa shape index (κ1) is 13.7. The lowest BCUT2D eigenvalue weighted by atomic mass is 10.1. The van der Waals surface area contributed by atoms with Crippen LogP contribution in [0.2, 0.25) is 0 Å². The lowest BCUT2D eigenvalue weighted by molar-refractivity contribution is 0.0524. The number of aliphatic hydroxyl groups excluding tert-OH is 1. The number of anilines is 1. The number of nitrogens with zero attached hydrogens (tertiary/aromatic N) is 2. The predicted octanol–water partition coefficient (Wildman–Crippen LogP) is 1.15. The van der Waals surface area contributed by atoms with Crippen molar-refractivity contribution in [1.82, 2.24) is 9.97 Å². The van der Waals surface area contributed by atoms with E-state index < -0.39 is 5.97 Å². The number of aromatic nitrogens is 2. The second kappa shape index (κ2) is 5.52. The van der Waals surface area contributed by atoms with E-state index in [1.54, 1.807) is 13.8 Å². The van der Waals surface area contributed by atoms with Crippen LogP contribution in [-0.4, -0.2) is 40.8 Å². The smallest absolute Gasteiger partial charge is 0.341 e. The quantitative estimate of drug-likeness (QED) is 0.750. The molecule has 1 aliphatic rings. The fraction of sp³-hybridized carbons (Fsp3) is 0.615. The normalized spacial score (nSPS) is 15.9. The Balaban J connectivity index is 2.00. The molecule has 0 aliphatic heterocycles. The molecule has 6 heteroatoms. The van der Waals surface area contributed by atoms with Gasteiger partial charge in [-0.15, -0.1) is 0 Å². The Labute approximate surface area is 112 Å². The van der Waals surface area contributed by atoms with E-state index in [1.807, 2.05) is 0 Å². The van der Waals surface area contributed by atoms with Crippen molar-refractivity contribution in [2.24, 2.45) is 5.41 Å². The van der Waals surface area contributed by atoms with Crippen molar-refractivity contribution < 1.29 is 14.6 Å². The number of hydrogen-bond donors (Lipinski definition) is 2. The maximum Gasteiger partial charge on any atom is 0.341 e. The van der Waals surface area contributed by atoms with Crippen LogP contribution in [0.5, 0.6) is 0 Å². The number of nitrogens with one attached hydrogen (secondary N) is 1. The topological polar surface area (TPSA) is 84.3 Å². The van der Waals surface area contributed by atoms with Crippen molar-refractivity contribution in [2.75, 3.05) is 25.1 Å². The zero-order chi connectivity index (χ0) is 13.9. The molecule has 0 saturated heterocycles. The van der Waals surface area contributed by atoms with E-state index in [1.165, 1.54) is 6.20 Å². The van der Waals surface area contributed by atoms with Crippen molar-refractivity contribution in [3.8, 4) is 0 Å². The summed E-state index contributed by atoms with van der Waals surface area (Å²) >= 11 is 0. The summed E-state index contributed by atoms with van der Waals surface area (Å²) in [7, 11) is 0. The van der Waals surface area contributed by atoms with Crippen LogP contribution < -0.4 is 5.32 Å². The number of esters is 1. The molecule has 2 rings (SSSR count). The van der Waals surface area contributed by atoms with Gasteiger partial charge in [-0.1, -0.05) is 0 Å². The van der Waals surface area contributed by atoms with Crippen molar-refractivity contribution >= 4 is 11.9 Å². The number of aliphatic hydroxyl groups is 1. The molecule has 0 atom stereocenters. The molecule has 1 fully saturated rings. The Bertz CT molecular complexity index is 472. The molecule has 0 bridgehead atoms. The van der Waals surface area contributed by atoms with Gasteiger partial charge in [0.25, 0.3) is 0 Å². The van der Waals surface area contributed by atoms with E-state index in [4.69, 9.17) is 4.74 Å². The number of hydrogen-bond acceptors (Lipinski definition) is 6. The van der Waals surface area contributed by atoms with Crippen LogP contribution in [0.25, 0.3) is 0 Å². The molecule has 6 nitrogen and oxygen atoms in total. The van der Waals surface area contributed by atoms with Gasteiger partial charge in [0.2, 0.25) is 5.95 Å². The van der Waals surface area contributed by atoms with Crippen LogP contribution in [0.15, 0.2) is 6.20 Å². The van der Waals surface area contributed by atoms with Gasteiger partial charge in [0, 0.05) is 18.2 Å². The summed E-state index contributed by atoms with van der Waals surface area (Å²) in [4.78, 5) is 19.9. The first-order valence-electron chi connectivity index (χ1n) is 6.46. The number of rotatable bonds is 6. The molecule has 0 radical (unpaired) electrons. The summed E-state index contributed by atoms with van der Waals surface area (Å²) in [6, 6.07) is 0. The Morgan fingerprint density at radius 3 is 2.84 bits per heavy atom. The van der Waals surface area contributed by atoms with Crippen LogP contribution in [0.1, 0.15) is 35.8 Å². The molecular weight excluding hydrogens is 246 g/mol. The average Bonchev–Trinajstić information content (AvgIpc) is 3.17. The molecule has 1 aliphatic carbocycles. The van der Waals surface area contributed by atoms with Gasteiger partial charge in [-0.25, -0.2) is 14.8 Å². The van der Waals surface area contributed by atoms with Gasteiger partial charge in [0.1, 0.15) is 0 Å². The van der Waals surface area contributed by atoms with Crippen molar-refractivity contribution in [1.29, 1.82) is 0 Å². The highest BCUT2D eigenvalue weighted by molar-refractivity contribution is 5.90. The van der Waals surface area contributed by atoms with Gasteiger partial charge in [-0.05, 0) is 26.7 Å². The van der Waals surface area contributed by atoms with Gasteiger partial charge in [0.15, 0.2) is 0 Å². The molecule has 1 saturated carbocycles. The summed E-state index contributed by atoms with van der Waals surface area (Å²) in [5, 5.41) is 12.3. The van der Waals surface area contributed by atoms with Crippen LogP contribution in [0.3, 0.4) is 0 Å². The molecule has 0 unspecified atom stereocenters. The van der Waals surface area contributed by atoms with Crippen LogP contribution in [-0.2, 0) is 4.74 Å². The summed E-state index contributed by atoms with van der Waals surface area (Å²) < 4.78 is 4.92. The molecule has 1 heterocycles. The minimum Gasteiger partial charge on any atom is -0.462 e. The fourth-order valence-corrected chi connectivity index (χ4v) is 1.80. The van der Waals surface area contributed by atoms with Gasteiger partial charge < -0.3 is 15.2 Å². The third-order valence-electron chi connectivity index (χ3n) is 3.39. The molecule has 0 spiro atoms. The Kier molecular flexibility index (Phi) is 3.99. The molecule has 1 aromatic heterocycles. The highest BCUT2D eigenvalue weighted by Gasteiger charge is 2.41. The summed E-state index contributed by atoms with van der Waals surface area (Å²) in [6.45, 7) is 4.67. The lowest BCUT2D eigenvalue weighted by Crippen LogP contribution is -2.20. The Morgan fingerprint density at radius 1 is 1.58 bits per heavy atom. The van der Waals surface area contributed by atoms with Crippen LogP contribution in [0.4, 0.5) is 5.95 Å². The second-order valence-corrected chi connectivity index (χ2v) is 4.92. The molecule has 2 N–H and O–H groups in total. The number of carbonyl (C=O) groups is 1. The number of carbonyl (C=O) groups excluding carboxylic acids is 1. The summed E-state index contributed by atoms with van der Waals surface area (Å²) in [5.74, 6) is 0.0749. The van der Waals surface area contributed by atoms with E-state index in [2.05, 4.69) is 15.3 Å². The largest absolute Gasteiger partial charge is 0.462 e. The fourth-order valence-electron chi connectivity index (χ4n) is 1.80. The van der Waals surface area contributed by atoms with Crippen LogP contribution >= 0.6 is 0 Å². The molecular formula is C13H19N3O3. The third kappa shape index (κ3) is 3.20. The van der Waals surface area contributed by atoms with Gasteiger partial charge in [-0.3, -0.25) is 0 Å². The highest BCUT2D eigenvalue weighted by atomic mass is 16.5. The molecule has 0 aromatic carbocycles. The molecule has 19 heavy (non-hydrogen) atoms. The average molecular weight is 265 g/mol. The van der Waals surface area contributed by atoms with E-state index in [0.29, 0.717) is 30.4 Å².